The molecule has 1 aliphatic carbocycles. The number of hydrogen-bond acceptors (Lipinski definition) is 3. The summed E-state index contributed by atoms with van der Waals surface area (Å²) in [6.45, 7) is 3.94. The largest absolute Gasteiger partial charge is 0.243 e. The van der Waals surface area contributed by atoms with Crippen LogP contribution in [0.3, 0.4) is 0 Å². The van der Waals surface area contributed by atoms with Crippen LogP contribution in [0.25, 0.3) is 0 Å². The minimum atomic E-state index is -3.54. The molecule has 0 N–H and O–H groups in total. The van der Waals surface area contributed by atoms with E-state index >= 15 is 0 Å². The summed E-state index contributed by atoms with van der Waals surface area (Å²) in [6.07, 6.45) is 4.07. The molecule has 0 bridgehead atoms. The average molecular weight is 306 g/mol. The van der Waals surface area contributed by atoms with E-state index in [0.29, 0.717) is 17.0 Å². The molecule has 2 atom stereocenters. The molecule has 0 radical (unpaired) electrons. The van der Waals surface area contributed by atoms with Gasteiger partial charge >= 0.3 is 0 Å². The van der Waals surface area contributed by atoms with Crippen molar-refractivity contribution < 1.29 is 8.42 Å². The summed E-state index contributed by atoms with van der Waals surface area (Å²) in [5.74, 6) is 0.563. The molecule has 2 rings (SSSR count). The second-order valence-electron chi connectivity index (χ2n) is 6.04. The highest BCUT2D eigenvalue weighted by molar-refractivity contribution is 7.89. The SMILES string of the molecule is Cc1ccc(C#N)cc1S(=O)(=O)N(C)C1CCCC(C)C1. The van der Waals surface area contributed by atoms with Crippen LogP contribution in [0.2, 0.25) is 0 Å². The number of nitriles is 1. The lowest BCUT2D eigenvalue weighted by Crippen LogP contribution is -2.40. The maximum absolute atomic E-state index is 12.8. The highest BCUT2D eigenvalue weighted by Crippen LogP contribution is 2.30. The molecular formula is C16H22N2O2S. The van der Waals surface area contributed by atoms with Crippen molar-refractivity contribution in [2.75, 3.05) is 7.05 Å². The van der Waals surface area contributed by atoms with Gasteiger partial charge < -0.3 is 0 Å². The molecular weight excluding hydrogens is 284 g/mol. The van der Waals surface area contributed by atoms with Gasteiger partial charge in [0.1, 0.15) is 0 Å². The van der Waals surface area contributed by atoms with Crippen LogP contribution in [-0.4, -0.2) is 25.8 Å². The third-order valence-corrected chi connectivity index (χ3v) is 6.45. The molecule has 1 aliphatic rings. The molecule has 0 aliphatic heterocycles. The lowest BCUT2D eigenvalue weighted by Gasteiger charge is -2.33. The zero-order chi connectivity index (χ0) is 15.6. The summed E-state index contributed by atoms with van der Waals surface area (Å²) in [4.78, 5) is 0.252. The second-order valence-corrected chi connectivity index (χ2v) is 8.00. The van der Waals surface area contributed by atoms with Crippen LogP contribution in [0.15, 0.2) is 23.1 Å². The van der Waals surface area contributed by atoms with Crippen LogP contribution < -0.4 is 0 Å². The molecule has 1 aromatic carbocycles. The van der Waals surface area contributed by atoms with Crippen LogP contribution in [0, 0.1) is 24.2 Å². The Kier molecular flexibility index (Phi) is 4.70. The lowest BCUT2D eigenvalue weighted by molar-refractivity contribution is 0.239. The Morgan fingerprint density at radius 2 is 2.05 bits per heavy atom. The van der Waals surface area contributed by atoms with E-state index in [-0.39, 0.29) is 10.9 Å². The Morgan fingerprint density at radius 1 is 1.33 bits per heavy atom. The molecule has 0 aromatic heterocycles. The molecule has 114 valence electrons. The number of benzene rings is 1. The zero-order valence-corrected chi connectivity index (χ0v) is 13.7. The van der Waals surface area contributed by atoms with Crippen molar-refractivity contribution in [3.8, 4) is 6.07 Å². The van der Waals surface area contributed by atoms with Crippen LogP contribution >= 0.6 is 0 Å². The van der Waals surface area contributed by atoms with E-state index in [1.807, 2.05) is 6.07 Å². The van der Waals surface area contributed by atoms with Crippen LogP contribution in [0.1, 0.15) is 43.7 Å². The normalized spacial score (nSPS) is 23.0. The van der Waals surface area contributed by atoms with Crippen molar-refractivity contribution in [3.63, 3.8) is 0 Å². The van der Waals surface area contributed by atoms with Gasteiger partial charge in [-0.1, -0.05) is 25.8 Å². The van der Waals surface area contributed by atoms with Crippen molar-refractivity contribution in [2.45, 2.75) is 50.5 Å². The third-order valence-electron chi connectivity index (χ3n) is 4.40. The smallest absolute Gasteiger partial charge is 0.207 e. The summed E-state index contributed by atoms with van der Waals surface area (Å²) in [6, 6.07) is 6.90. The third kappa shape index (κ3) is 3.28. The molecule has 0 spiro atoms. The molecule has 0 amide bonds. The van der Waals surface area contributed by atoms with Gasteiger partial charge in [-0.05, 0) is 43.4 Å². The van der Waals surface area contributed by atoms with Crippen molar-refractivity contribution in [3.05, 3.63) is 29.3 Å². The summed E-state index contributed by atoms with van der Waals surface area (Å²) in [5.41, 5.74) is 1.06. The molecule has 1 fully saturated rings. The Hall–Kier alpha value is -1.38. The van der Waals surface area contributed by atoms with Crippen LogP contribution in [-0.2, 0) is 10.0 Å². The highest BCUT2D eigenvalue weighted by atomic mass is 32.2. The Balaban J connectivity index is 2.35. The van der Waals surface area contributed by atoms with Crippen molar-refractivity contribution in [1.29, 1.82) is 5.26 Å². The van der Waals surface area contributed by atoms with E-state index in [1.165, 1.54) is 16.8 Å². The molecule has 5 heteroatoms. The second kappa shape index (κ2) is 6.17. The van der Waals surface area contributed by atoms with Crippen molar-refractivity contribution >= 4 is 10.0 Å². The fourth-order valence-electron chi connectivity index (χ4n) is 3.03. The first-order valence-electron chi connectivity index (χ1n) is 7.35. The first-order chi connectivity index (χ1) is 9.86. The van der Waals surface area contributed by atoms with Gasteiger partial charge in [-0.3, -0.25) is 0 Å². The maximum atomic E-state index is 12.8. The lowest BCUT2D eigenvalue weighted by atomic mass is 9.87. The minimum Gasteiger partial charge on any atom is -0.207 e. The van der Waals surface area contributed by atoms with Gasteiger partial charge in [0.15, 0.2) is 0 Å². The first kappa shape index (κ1) is 16.0. The number of rotatable bonds is 3. The fraction of sp³-hybridized carbons (Fsp3) is 0.562. The Morgan fingerprint density at radius 3 is 2.67 bits per heavy atom. The van der Waals surface area contributed by atoms with Gasteiger partial charge in [0.2, 0.25) is 10.0 Å². The van der Waals surface area contributed by atoms with E-state index in [9.17, 15) is 8.42 Å². The van der Waals surface area contributed by atoms with Gasteiger partial charge in [-0.25, -0.2) is 8.42 Å². The Bertz CT molecular complexity index is 661. The van der Waals surface area contributed by atoms with E-state index in [4.69, 9.17) is 5.26 Å². The summed E-state index contributed by atoms with van der Waals surface area (Å²) >= 11 is 0. The number of sulfonamides is 1. The van der Waals surface area contributed by atoms with Crippen LogP contribution in [0.5, 0.6) is 0 Å². The monoisotopic (exact) mass is 306 g/mol. The highest BCUT2D eigenvalue weighted by Gasteiger charge is 2.31. The number of aryl methyl sites for hydroxylation is 1. The maximum Gasteiger partial charge on any atom is 0.243 e. The molecule has 4 nitrogen and oxygen atoms in total. The Labute approximate surface area is 127 Å². The van der Waals surface area contributed by atoms with Gasteiger partial charge in [0.05, 0.1) is 16.5 Å². The van der Waals surface area contributed by atoms with Gasteiger partial charge in [0.25, 0.3) is 0 Å². The molecule has 1 aromatic rings. The predicted octanol–water partition coefficient (Wildman–Crippen LogP) is 3.07. The predicted molar refractivity (Wildman–Crippen MR) is 82.3 cm³/mol. The fourth-order valence-corrected chi connectivity index (χ4v) is 4.68. The van der Waals surface area contributed by atoms with E-state index < -0.39 is 10.0 Å². The minimum absolute atomic E-state index is 0.0592. The van der Waals surface area contributed by atoms with Gasteiger partial charge in [0, 0.05) is 13.1 Å². The van der Waals surface area contributed by atoms with Crippen molar-refractivity contribution in [1.82, 2.24) is 4.31 Å². The number of hydrogen-bond donors (Lipinski definition) is 0. The van der Waals surface area contributed by atoms with E-state index in [0.717, 1.165) is 19.3 Å². The topological polar surface area (TPSA) is 61.2 Å². The summed E-state index contributed by atoms with van der Waals surface area (Å²) < 4.78 is 27.2. The molecule has 0 heterocycles. The van der Waals surface area contributed by atoms with Gasteiger partial charge in [-0.2, -0.15) is 9.57 Å². The quantitative estimate of drug-likeness (QED) is 0.862. The van der Waals surface area contributed by atoms with Crippen LogP contribution in [0.4, 0.5) is 0 Å². The molecule has 21 heavy (non-hydrogen) atoms. The van der Waals surface area contributed by atoms with Crippen molar-refractivity contribution in [2.24, 2.45) is 5.92 Å². The number of nitrogens with zero attached hydrogens (tertiary/aromatic N) is 2. The molecule has 2 unspecified atom stereocenters. The van der Waals surface area contributed by atoms with E-state index in [2.05, 4.69) is 6.92 Å². The summed E-state index contributed by atoms with van der Waals surface area (Å²) in [5, 5.41) is 8.98. The first-order valence-corrected chi connectivity index (χ1v) is 8.79. The summed E-state index contributed by atoms with van der Waals surface area (Å²) in [7, 11) is -1.88. The standard InChI is InChI=1S/C16H22N2O2S/c1-12-5-4-6-15(9-12)18(3)21(19,20)16-10-14(11-17)8-7-13(16)2/h7-8,10,12,15H,4-6,9H2,1-3H3. The van der Waals surface area contributed by atoms with E-state index in [1.54, 1.807) is 26.1 Å². The molecule has 1 saturated carbocycles. The molecule has 0 saturated heterocycles. The zero-order valence-electron chi connectivity index (χ0n) is 12.8. The average Bonchev–Trinajstić information content (AvgIpc) is 2.46. The van der Waals surface area contributed by atoms with Gasteiger partial charge in [-0.15, -0.1) is 0 Å².